The van der Waals surface area contributed by atoms with Gasteiger partial charge in [0.1, 0.15) is 5.82 Å². The van der Waals surface area contributed by atoms with E-state index in [0.29, 0.717) is 6.04 Å². The highest BCUT2D eigenvalue weighted by Crippen LogP contribution is 2.28. The fourth-order valence-corrected chi connectivity index (χ4v) is 3.54. The molecule has 3 rings (SSSR count). The number of nitrogens with zero attached hydrogens (tertiary/aromatic N) is 2. The third-order valence-electron chi connectivity index (χ3n) is 4.50. The first-order valence-electron chi connectivity index (χ1n) is 7.73. The van der Waals surface area contributed by atoms with E-state index < -0.39 is 0 Å². The van der Waals surface area contributed by atoms with Gasteiger partial charge in [-0.05, 0) is 49.8 Å². The summed E-state index contributed by atoms with van der Waals surface area (Å²) in [4.78, 5) is 10.9. The first-order chi connectivity index (χ1) is 9.52. The van der Waals surface area contributed by atoms with Crippen LogP contribution in [0.2, 0.25) is 0 Å². The molecule has 0 radical (unpaired) electrons. The van der Waals surface area contributed by atoms with Crippen molar-refractivity contribution in [3.05, 3.63) is 29.6 Å². The molecular formula is C17H25N3. The number of hydrogen-bond donors (Lipinski definition) is 1. The van der Waals surface area contributed by atoms with E-state index in [1.807, 2.05) is 0 Å². The van der Waals surface area contributed by atoms with Gasteiger partial charge in [-0.25, -0.2) is 4.98 Å². The summed E-state index contributed by atoms with van der Waals surface area (Å²) < 4.78 is 0. The molecule has 0 aliphatic carbocycles. The molecule has 0 amide bonds. The van der Waals surface area contributed by atoms with Crippen molar-refractivity contribution < 1.29 is 0 Å². The van der Waals surface area contributed by atoms with Gasteiger partial charge in [-0.2, -0.15) is 0 Å². The second-order valence-corrected chi connectivity index (χ2v) is 6.72. The fourth-order valence-electron chi connectivity index (χ4n) is 3.54. The van der Waals surface area contributed by atoms with E-state index in [0.717, 1.165) is 28.7 Å². The van der Waals surface area contributed by atoms with E-state index in [1.165, 1.54) is 25.1 Å². The van der Waals surface area contributed by atoms with Crippen molar-refractivity contribution >= 4 is 11.0 Å². The molecule has 0 bridgehead atoms. The lowest BCUT2D eigenvalue weighted by molar-refractivity contribution is 0.0997. The number of aryl methyl sites for hydroxylation is 1. The quantitative estimate of drug-likeness (QED) is 0.898. The average Bonchev–Trinajstić information content (AvgIpc) is 2.79. The summed E-state index contributed by atoms with van der Waals surface area (Å²) in [5.41, 5.74) is 3.51. The predicted octanol–water partition coefficient (Wildman–Crippen LogP) is 3.91. The van der Waals surface area contributed by atoms with E-state index in [2.05, 4.69) is 55.8 Å². The van der Waals surface area contributed by atoms with Gasteiger partial charge in [0.05, 0.1) is 17.1 Å². The number of fused-ring (bicyclic) bond motifs is 1. The van der Waals surface area contributed by atoms with E-state index >= 15 is 0 Å². The monoisotopic (exact) mass is 271 g/mol. The van der Waals surface area contributed by atoms with E-state index in [9.17, 15) is 0 Å². The average molecular weight is 271 g/mol. The molecule has 1 saturated heterocycles. The fraction of sp³-hybridized carbons (Fsp3) is 0.588. The Kier molecular flexibility index (Phi) is 3.55. The highest BCUT2D eigenvalue weighted by atomic mass is 15.2. The number of hydrogen-bond acceptors (Lipinski definition) is 2. The van der Waals surface area contributed by atoms with Gasteiger partial charge in [0.25, 0.3) is 0 Å². The normalized spacial score (nSPS) is 26.0. The van der Waals surface area contributed by atoms with Gasteiger partial charge in [0.15, 0.2) is 0 Å². The van der Waals surface area contributed by atoms with Crippen LogP contribution in [0.15, 0.2) is 18.2 Å². The molecule has 1 fully saturated rings. The van der Waals surface area contributed by atoms with Crippen molar-refractivity contribution in [2.75, 3.05) is 13.1 Å². The van der Waals surface area contributed by atoms with Gasteiger partial charge >= 0.3 is 0 Å². The van der Waals surface area contributed by atoms with Gasteiger partial charge in [0.2, 0.25) is 0 Å². The van der Waals surface area contributed by atoms with Gasteiger partial charge in [-0.15, -0.1) is 0 Å². The summed E-state index contributed by atoms with van der Waals surface area (Å²) in [6.07, 6.45) is 1.35. The van der Waals surface area contributed by atoms with Crippen LogP contribution in [0.25, 0.3) is 11.0 Å². The minimum Gasteiger partial charge on any atom is -0.341 e. The SMILES string of the molecule is Cc1ccc2nc(C(C)N3CC(C)CC(C)C3)[nH]c2c1. The Morgan fingerprint density at radius 3 is 2.65 bits per heavy atom. The van der Waals surface area contributed by atoms with Crippen LogP contribution < -0.4 is 0 Å². The van der Waals surface area contributed by atoms with Crippen molar-refractivity contribution in [1.82, 2.24) is 14.9 Å². The van der Waals surface area contributed by atoms with Crippen molar-refractivity contribution in [3.63, 3.8) is 0 Å². The first kappa shape index (κ1) is 13.6. The van der Waals surface area contributed by atoms with Crippen LogP contribution >= 0.6 is 0 Å². The Balaban J connectivity index is 1.86. The molecule has 1 aromatic heterocycles. The molecular weight excluding hydrogens is 246 g/mol. The molecule has 3 heteroatoms. The molecule has 0 spiro atoms. The number of benzene rings is 1. The summed E-state index contributed by atoms with van der Waals surface area (Å²) in [5.74, 6) is 2.67. The number of nitrogens with one attached hydrogen (secondary N) is 1. The molecule has 3 nitrogen and oxygen atoms in total. The molecule has 1 aliphatic rings. The minimum atomic E-state index is 0.368. The van der Waals surface area contributed by atoms with Gasteiger partial charge in [-0.1, -0.05) is 19.9 Å². The summed E-state index contributed by atoms with van der Waals surface area (Å²) >= 11 is 0. The van der Waals surface area contributed by atoms with Crippen molar-refractivity contribution in [2.24, 2.45) is 11.8 Å². The van der Waals surface area contributed by atoms with Crippen LogP contribution in [0.5, 0.6) is 0 Å². The molecule has 108 valence electrons. The zero-order valence-electron chi connectivity index (χ0n) is 13.0. The Bertz CT molecular complexity index is 591. The van der Waals surface area contributed by atoms with Gasteiger partial charge < -0.3 is 4.98 Å². The predicted molar refractivity (Wildman–Crippen MR) is 83.8 cm³/mol. The molecule has 1 aliphatic heterocycles. The summed E-state index contributed by atoms with van der Waals surface area (Å²) in [5, 5.41) is 0. The number of imidazole rings is 1. The summed E-state index contributed by atoms with van der Waals surface area (Å²) in [7, 11) is 0. The Labute approximate surface area is 121 Å². The third-order valence-corrected chi connectivity index (χ3v) is 4.50. The van der Waals surface area contributed by atoms with Crippen LogP contribution in [0.4, 0.5) is 0 Å². The minimum absolute atomic E-state index is 0.368. The standard InChI is InChI=1S/C17H25N3/c1-11-5-6-15-16(8-11)19-17(18-15)14(4)20-9-12(2)7-13(3)10-20/h5-6,8,12-14H,7,9-10H2,1-4H3,(H,18,19). The molecule has 2 aromatic rings. The molecule has 3 atom stereocenters. The van der Waals surface area contributed by atoms with E-state index in [1.54, 1.807) is 0 Å². The van der Waals surface area contributed by atoms with Crippen molar-refractivity contribution in [2.45, 2.75) is 40.2 Å². The Morgan fingerprint density at radius 2 is 1.95 bits per heavy atom. The van der Waals surface area contributed by atoms with Crippen molar-refractivity contribution in [1.29, 1.82) is 0 Å². The molecule has 0 saturated carbocycles. The lowest BCUT2D eigenvalue weighted by atomic mass is 9.91. The van der Waals surface area contributed by atoms with E-state index in [4.69, 9.17) is 4.98 Å². The number of aromatic nitrogens is 2. The zero-order valence-corrected chi connectivity index (χ0v) is 13.0. The van der Waals surface area contributed by atoms with Crippen LogP contribution in [0.1, 0.15) is 44.6 Å². The molecule has 2 heterocycles. The summed E-state index contributed by atoms with van der Waals surface area (Å²) in [6.45, 7) is 11.5. The molecule has 20 heavy (non-hydrogen) atoms. The second kappa shape index (κ2) is 5.21. The van der Waals surface area contributed by atoms with Crippen LogP contribution in [0, 0.1) is 18.8 Å². The number of piperidine rings is 1. The van der Waals surface area contributed by atoms with Crippen molar-refractivity contribution in [3.8, 4) is 0 Å². The molecule has 1 N–H and O–H groups in total. The van der Waals surface area contributed by atoms with Crippen LogP contribution in [0.3, 0.4) is 0 Å². The van der Waals surface area contributed by atoms with E-state index in [-0.39, 0.29) is 0 Å². The smallest absolute Gasteiger partial charge is 0.124 e. The Morgan fingerprint density at radius 1 is 1.25 bits per heavy atom. The lowest BCUT2D eigenvalue weighted by Crippen LogP contribution is -2.40. The number of likely N-dealkylation sites (tertiary alicyclic amines) is 1. The lowest BCUT2D eigenvalue weighted by Gasteiger charge is -2.38. The second-order valence-electron chi connectivity index (χ2n) is 6.72. The van der Waals surface area contributed by atoms with Gasteiger partial charge in [-0.3, -0.25) is 4.90 Å². The highest BCUT2D eigenvalue weighted by molar-refractivity contribution is 5.75. The van der Waals surface area contributed by atoms with Gasteiger partial charge in [0, 0.05) is 13.1 Å². The van der Waals surface area contributed by atoms with Crippen LogP contribution in [-0.4, -0.2) is 28.0 Å². The maximum absolute atomic E-state index is 4.78. The largest absolute Gasteiger partial charge is 0.341 e. The number of rotatable bonds is 2. The Hall–Kier alpha value is -1.35. The molecule has 1 aromatic carbocycles. The third kappa shape index (κ3) is 2.59. The number of H-pyrrole nitrogens is 1. The molecule has 3 unspecified atom stereocenters. The van der Waals surface area contributed by atoms with Crippen LogP contribution in [-0.2, 0) is 0 Å². The maximum atomic E-state index is 4.78. The zero-order chi connectivity index (χ0) is 14.3. The maximum Gasteiger partial charge on any atom is 0.124 e. The summed E-state index contributed by atoms with van der Waals surface area (Å²) in [6, 6.07) is 6.79. The number of aromatic amines is 1. The highest BCUT2D eigenvalue weighted by Gasteiger charge is 2.27. The topological polar surface area (TPSA) is 31.9 Å². The first-order valence-corrected chi connectivity index (χ1v) is 7.73.